The molecule has 0 saturated heterocycles. The van der Waals surface area contributed by atoms with E-state index in [1.807, 2.05) is 6.07 Å². The Morgan fingerprint density at radius 3 is 2.20 bits per heavy atom. The van der Waals surface area contributed by atoms with Gasteiger partial charge in [0.2, 0.25) is 0 Å². The maximum absolute atomic E-state index is 5.73. The second-order valence-corrected chi connectivity index (χ2v) is 6.59. The maximum Gasteiger partial charge on any atom is 0.0238 e. The van der Waals surface area contributed by atoms with Crippen molar-refractivity contribution in [2.24, 2.45) is 5.73 Å². The van der Waals surface area contributed by atoms with Crippen LogP contribution in [0.2, 0.25) is 0 Å². The summed E-state index contributed by atoms with van der Waals surface area (Å²) in [5, 5.41) is 0. The van der Waals surface area contributed by atoms with Crippen LogP contribution in [0.1, 0.15) is 11.1 Å². The number of rotatable bonds is 6. The van der Waals surface area contributed by atoms with E-state index in [1.54, 1.807) is 0 Å². The highest BCUT2D eigenvalue weighted by Crippen LogP contribution is 2.16. The van der Waals surface area contributed by atoms with E-state index in [2.05, 4.69) is 79.2 Å². The molecule has 0 aliphatic heterocycles. The van der Waals surface area contributed by atoms with Gasteiger partial charge in [-0.3, -0.25) is 4.90 Å². The van der Waals surface area contributed by atoms with Gasteiger partial charge < -0.3 is 5.73 Å². The van der Waals surface area contributed by atoms with E-state index in [4.69, 9.17) is 5.73 Å². The van der Waals surface area contributed by atoms with Crippen molar-refractivity contribution < 1.29 is 0 Å². The van der Waals surface area contributed by atoms with Crippen LogP contribution in [0.5, 0.6) is 0 Å². The van der Waals surface area contributed by atoms with Crippen molar-refractivity contribution >= 4 is 31.9 Å². The fraction of sp³-hybridized carbons (Fsp3) is 0.250. The maximum atomic E-state index is 5.73. The largest absolute Gasteiger partial charge is 0.329 e. The first-order valence-electron chi connectivity index (χ1n) is 6.58. The number of halogens is 2. The number of hydrogen-bond acceptors (Lipinski definition) is 2. The van der Waals surface area contributed by atoms with Crippen molar-refractivity contribution in [3.05, 3.63) is 68.6 Å². The number of hydrogen-bond donors (Lipinski definition) is 1. The molecule has 2 aromatic carbocycles. The van der Waals surface area contributed by atoms with Gasteiger partial charge in [-0.15, -0.1) is 0 Å². The molecule has 0 heterocycles. The highest BCUT2D eigenvalue weighted by molar-refractivity contribution is 9.10. The highest BCUT2D eigenvalue weighted by Gasteiger charge is 2.06. The van der Waals surface area contributed by atoms with Crippen LogP contribution in [0.4, 0.5) is 0 Å². The molecule has 2 N–H and O–H groups in total. The van der Waals surface area contributed by atoms with Crippen LogP contribution in [0.3, 0.4) is 0 Å². The van der Waals surface area contributed by atoms with Gasteiger partial charge in [0, 0.05) is 35.1 Å². The third-order valence-corrected chi connectivity index (χ3v) is 4.08. The van der Waals surface area contributed by atoms with E-state index in [0.717, 1.165) is 28.6 Å². The van der Waals surface area contributed by atoms with Crippen LogP contribution >= 0.6 is 31.9 Å². The van der Waals surface area contributed by atoms with Crippen molar-refractivity contribution in [1.29, 1.82) is 0 Å². The molecule has 106 valence electrons. The Hall–Kier alpha value is -0.680. The molecule has 0 amide bonds. The molecule has 0 atom stereocenters. The summed E-state index contributed by atoms with van der Waals surface area (Å²) in [6.45, 7) is 3.39. The van der Waals surface area contributed by atoms with Crippen LogP contribution in [0.15, 0.2) is 57.5 Å². The predicted molar refractivity (Wildman–Crippen MR) is 91.5 cm³/mol. The molecule has 0 fully saturated rings. The van der Waals surface area contributed by atoms with Gasteiger partial charge in [-0.1, -0.05) is 56.1 Å². The van der Waals surface area contributed by atoms with Crippen LogP contribution in [-0.4, -0.2) is 18.0 Å². The zero-order valence-corrected chi connectivity index (χ0v) is 14.4. The summed E-state index contributed by atoms with van der Waals surface area (Å²) in [4.78, 5) is 2.37. The summed E-state index contributed by atoms with van der Waals surface area (Å²) in [7, 11) is 0. The Morgan fingerprint density at radius 1 is 0.850 bits per heavy atom. The standard InChI is InChI=1S/C16H18Br2N2/c17-15-6-4-13(5-7-15)11-20(9-8-19)12-14-2-1-3-16(18)10-14/h1-7,10H,8-9,11-12,19H2. The lowest BCUT2D eigenvalue weighted by atomic mass is 10.1. The minimum Gasteiger partial charge on any atom is -0.329 e. The average molecular weight is 398 g/mol. The van der Waals surface area contributed by atoms with Gasteiger partial charge in [-0.2, -0.15) is 0 Å². The van der Waals surface area contributed by atoms with Gasteiger partial charge >= 0.3 is 0 Å². The summed E-state index contributed by atoms with van der Waals surface area (Å²) >= 11 is 6.98. The van der Waals surface area contributed by atoms with Gasteiger partial charge in [0.15, 0.2) is 0 Å². The fourth-order valence-corrected chi connectivity index (χ4v) is 2.85. The fourth-order valence-electron chi connectivity index (χ4n) is 2.14. The van der Waals surface area contributed by atoms with Crippen LogP contribution in [0.25, 0.3) is 0 Å². The molecule has 4 heteroatoms. The molecular weight excluding hydrogens is 380 g/mol. The number of nitrogens with zero attached hydrogens (tertiary/aromatic N) is 1. The Kier molecular flexibility index (Phi) is 6.23. The van der Waals surface area contributed by atoms with Crippen LogP contribution in [0, 0.1) is 0 Å². The highest BCUT2D eigenvalue weighted by atomic mass is 79.9. The normalized spacial score (nSPS) is 11.0. The van der Waals surface area contributed by atoms with Crippen molar-refractivity contribution in [3.8, 4) is 0 Å². The van der Waals surface area contributed by atoms with E-state index in [-0.39, 0.29) is 0 Å². The minimum absolute atomic E-state index is 0.671. The first-order chi connectivity index (χ1) is 9.67. The Labute approximate surface area is 137 Å². The molecule has 20 heavy (non-hydrogen) atoms. The Morgan fingerprint density at radius 2 is 1.55 bits per heavy atom. The first kappa shape index (κ1) is 15.7. The monoisotopic (exact) mass is 396 g/mol. The molecule has 0 aliphatic rings. The van der Waals surface area contributed by atoms with Gasteiger partial charge in [-0.25, -0.2) is 0 Å². The van der Waals surface area contributed by atoms with E-state index in [9.17, 15) is 0 Å². The molecule has 2 nitrogen and oxygen atoms in total. The van der Waals surface area contributed by atoms with E-state index in [1.165, 1.54) is 11.1 Å². The number of nitrogens with two attached hydrogens (primary N) is 1. The zero-order valence-electron chi connectivity index (χ0n) is 11.2. The van der Waals surface area contributed by atoms with E-state index in [0.29, 0.717) is 6.54 Å². The molecule has 0 radical (unpaired) electrons. The third-order valence-electron chi connectivity index (χ3n) is 3.06. The van der Waals surface area contributed by atoms with Gasteiger partial charge in [-0.05, 0) is 35.4 Å². The third kappa shape index (κ3) is 5.02. The van der Waals surface area contributed by atoms with Gasteiger partial charge in [0.25, 0.3) is 0 Å². The quantitative estimate of drug-likeness (QED) is 0.792. The summed E-state index contributed by atoms with van der Waals surface area (Å²) in [5.41, 5.74) is 8.33. The van der Waals surface area contributed by atoms with Gasteiger partial charge in [0.1, 0.15) is 0 Å². The van der Waals surface area contributed by atoms with E-state index >= 15 is 0 Å². The minimum atomic E-state index is 0.671. The van der Waals surface area contributed by atoms with Gasteiger partial charge in [0.05, 0.1) is 0 Å². The second-order valence-electron chi connectivity index (χ2n) is 4.76. The Bertz CT molecular complexity index is 540. The summed E-state index contributed by atoms with van der Waals surface area (Å²) < 4.78 is 2.23. The van der Waals surface area contributed by atoms with Crippen LogP contribution in [-0.2, 0) is 13.1 Å². The predicted octanol–water partition coefficient (Wildman–Crippen LogP) is 4.17. The molecule has 0 saturated carbocycles. The molecule has 0 unspecified atom stereocenters. The molecule has 0 aliphatic carbocycles. The molecule has 2 rings (SSSR count). The molecule has 0 spiro atoms. The average Bonchev–Trinajstić information content (AvgIpc) is 2.42. The van der Waals surface area contributed by atoms with Crippen molar-refractivity contribution in [2.45, 2.75) is 13.1 Å². The lowest BCUT2D eigenvalue weighted by Gasteiger charge is -2.22. The lowest BCUT2D eigenvalue weighted by Crippen LogP contribution is -2.28. The summed E-state index contributed by atoms with van der Waals surface area (Å²) in [6, 6.07) is 16.9. The lowest BCUT2D eigenvalue weighted by molar-refractivity contribution is 0.264. The summed E-state index contributed by atoms with van der Waals surface area (Å²) in [5.74, 6) is 0. The second kappa shape index (κ2) is 7.93. The molecule has 0 bridgehead atoms. The zero-order chi connectivity index (χ0) is 14.4. The molecule has 2 aromatic rings. The first-order valence-corrected chi connectivity index (χ1v) is 8.17. The van der Waals surface area contributed by atoms with Crippen molar-refractivity contribution in [3.63, 3.8) is 0 Å². The number of benzene rings is 2. The summed E-state index contributed by atoms with van der Waals surface area (Å²) in [6.07, 6.45) is 0. The Balaban J connectivity index is 2.05. The molecule has 0 aromatic heterocycles. The smallest absolute Gasteiger partial charge is 0.0238 e. The molecular formula is C16H18Br2N2. The van der Waals surface area contributed by atoms with Crippen LogP contribution < -0.4 is 5.73 Å². The van der Waals surface area contributed by atoms with Crippen molar-refractivity contribution in [1.82, 2.24) is 4.90 Å². The SMILES string of the molecule is NCCN(Cc1ccc(Br)cc1)Cc1cccc(Br)c1. The van der Waals surface area contributed by atoms with E-state index < -0.39 is 0 Å². The van der Waals surface area contributed by atoms with Crippen molar-refractivity contribution in [2.75, 3.05) is 13.1 Å². The topological polar surface area (TPSA) is 29.3 Å².